The molecule has 266 valence electrons. The van der Waals surface area contributed by atoms with Gasteiger partial charge >= 0.3 is 0 Å². The minimum Gasteiger partial charge on any atom is -0.454 e. The van der Waals surface area contributed by atoms with Gasteiger partial charge in [0.05, 0.1) is 11.2 Å². The summed E-state index contributed by atoms with van der Waals surface area (Å²) < 4.78 is 6.81. The summed E-state index contributed by atoms with van der Waals surface area (Å²) in [7, 11) is 0.788. The molecule has 3 heterocycles. The van der Waals surface area contributed by atoms with E-state index in [9.17, 15) is 0 Å². The van der Waals surface area contributed by atoms with Gasteiger partial charge in [0.25, 0.3) is 0 Å². The van der Waals surface area contributed by atoms with Crippen molar-refractivity contribution in [2.75, 3.05) is 4.90 Å². The second-order valence-electron chi connectivity index (χ2n) is 15.4. The molecule has 3 nitrogen and oxygen atoms in total. The number of hydrogen-bond acceptors (Lipinski definition) is 2. The van der Waals surface area contributed by atoms with Crippen molar-refractivity contribution in [2.45, 2.75) is 6.92 Å². The van der Waals surface area contributed by atoms with Gasteiger partial charge in [0, 0.05) is 44.0 Å². The predicted molar refractivity (Wildman–Crippen MR) is 243 cm³/mol. The molecule has 0 aliphatic carbocycles. The fourth-order valence-corrected chi connectivity index (χ4v) is 9.39. The van der Waals surface area contributed by atoms with Crippen molar-refractivity contribution in [3.8, 4) is 33.4 Å². The molecule has 0 radical (unpaired) electrons. The molecule has 1 N–H and O–H groups in total. The lowest BCUT2D eigenvalue weighted by Crippen LogP contribution is -2.41. The van der Waals surface area contributed by atoms with Crippen LogP contribution in [0.15, 0.2) is 186 Å². The molecule has 0 amide bonds. The van der Waals surface area contributed by atoms with E-state index in [-0.39, 0.29) is 0 Å². The lowest BCUT2D eigenvalue weighted by molar-refractivity contribution is 0.669. The van der Waals surface area contributed by atoms with Crippen LogP contribution in [0.5, 0.6) is 0 Å². The van der Waals surface area contributed by atoms with Crippen LogP contribution in [0.2, 0.25) is 0 Å². The molecule has 0 bridgehead atoms. The van der Waals surface area contributed by atoms with Gasteiger partial charge in [-0.2, -0.15) is 0 Å². The predicted octanol–water partition coefficient (Wildman–Crippen LogP) is 12.9. The minimum atomic E-state index is 0.788. The van der Waals surface area contributed by atoms with Gasteiger partial charge in [0.15, 0.2) is 12.9 Å². The van der Waals surface area contributed by atoms with Crippen molar-refractivity contribution in [3.63, 3.8) is 0 Å². The van der Waals surface area contributed by atoms with Gasteiger partial charge in [-0.25, -0.2) is 0 Å². The summed E-state index contributed by atoms with van der Waals surface area (Å²) in [6.45, 7) is 2.21. The number of furan rings is 1. The third kappa shape index (κ3) is 4.94. The number of aromatic nitrogens is 1. The normalized spacial score (nSPS) is 12.4. The Morgan fingerprint density at radius 1 is 0.474 bits per heavy atom. The van der Waals surface area contributed by atoms with Crippen molar-refractivity contribution in [1.82, 2.24) is 4.98 Å². The third-order valence-electron chi connectivity index (χ3n) is 12.1. The Hall–Kier alpha value is -7.30. The van der Waals surface area contributed by atoms with Crippen molar-refractivity contribution in [3.05, 3.63) is 188 Å². The van der Waals surface area contributed by atoms with E-state index in [1.54, 1.807) is 0 Å². The Labute approximate surface area is 330 Å². The highest BCUT2D eigenvalue weighted by Crippen LogP contribution is 2.46. The zero-order chi connectivity index (χ0) is 37.6. The highest BCUT2D eigenvalue weighted by molar-refractivity contribution is 6.73. The van der Waals surface area contributed by atoms with Crippen LogP contribution in [0.1, 0.15) is 5.56 Å². The molecule has 57 heavy (non-hydrogen) atoms. The fraction of sp³-hybridized carbons (Fsp3) is 0.0189. The number of benzene rings is 9. The quantitative estimate of drug-likeness (QED) is 0.183. The molecule has 4 heteroatoms. The molecular weight excluding hydrogens is 691 g/mol. The summed E-state index contributed by atoms with van der Waals surface area (Å²) in [5, 5.41) is 7.19. The van der Waals surface area contributed by atoms with Gasteiger partial charge in [-0.1, -0.05) is 145 Å². The van der Waals surface area contributed by atoms with E-state index in [1.165, 1.54) is 77.1 Å². The van der Waals surface area contributed by atoms with E-state index in [1.807, 2.05) is 0 Å². The Morgan fingerprint density at radius 3 is 2.09 bits per heavy atom. The van der Waals surface area contributed by atoms with Crippen molar-refractivity contribution in [1.29, 1.82) is 0 Å². The van der Waals surface area contributed by atoms with Gasteiger partial charge in [-0.05, 0) is 99.0 Å². The molecule has 0 saturated heterocycles. The van der Waals surface area contributed by atoms with E-state index < -0.39 is 0 Å². The van der Waals surface area contributed by atoms with Crippen molar-refractivity contribution >= 4 is 89.8 Å². The van der Waals surface area contributed by atoms with Gasteiger partial charge in [0.1, 0.15) is 5.58 Å². The average molecular weight is 727 g/mol. The van der Waals surface area contributed by atoms with Crippen LogP contribution in [0.3, 0.4) is 0 Å². The fourth-order valence-electron chi connectivity index (χ4n) is 9.39. The van der Waals surface area contributed by atoms with Crippen LogP contribution in [-0.2, 0) is 0 Å². The maximum Gasteiger partial charge on any atom is 0.198 e. The van der Waals surface area contributed by atoms with E-state index in [2.05, 4.69) is 199 Å². The van der Waals surface area contributed by atoms with Crippen LogP contribution in [0.25, 0.3) is 87.9 Å². The van der Waals surface area contributed by atoms with Crippen LogP contribution in [0.4, 0.5) is 17.1 Å². The number of nitrogens with zero attached hydrogens (tertiary/aromatic N) is 1. The number of fused-ring (bicyclic) bond motifs is 9. The van der Waals surface area contributed by atoms with Gasteiger partial charge in [-0.3, -0.25) is 0 Å². The summed E-state index contributed by atoms with van der Waals surface area (Å²) >= 11 is 0. The smallest absolute Gasteiger partial charge is 0.198 e. The Morgan fingerprint density at radius 2 is 1.19 bits per heavy atom. The maximum atomic E-state index is 6.81. The van der Waals surface area contributed by atoms with Crippen LogP contribution in [0, 0.1) is 6.92 Å². The Balaban J connectivity index is 1.18. The number of nitrogens with one attached hydrogen (secondary N) is 1. The molecule has 0 atom stereocenters. The molecular formula is C53H35BN2O. The Bertz CT molecular complexity index is 3410. The average Bonchev–Trinajstić information content (AvgIpc) is 3.83. The molecule has 9 aromatic carbocycles. The number of hydrogen-bond donors (Lipinski definition) is 1. The van der Waals surface area contributed by atoms with E-state index in [4.69, 9.17) is 4.42 Å². The monoisotopic (exact) mass is 726 g/mol. The lowest BCUT2D eigenvalue weighted by Gasteiger charge is -2.35. The number of rotatable bonds is 4. The first-order chi connectivity index (χ1) is 28.2. The molecule has 0 saturated carbocycles. The van der Waals surface area contributed by atoms with Crippen LogP contribution in [-0.4, -0.2) is 12.3 Å². The van der Waals surface area contributed by atoms with E-state index >= 15 is 0 Å². The number of anilines is 3. The van der Waals surface area contributed by atoms with Crippen molar-refractivity contribution < 1.29 is 4.42 Å². The third-order valence-corrected chi connectivity index (χ3v) is 12.1. The number of aromatic amines is 1. The first-order valence-electron chi connectivity index (χ1n) is 19.7. The molecule has 2 aromatic heterocycles. The zero-order valence-corrected chi connectivity index (χ0v) is 31.4. The molecule has 0 unspecified atom stereocenters. The Kier molecular flexibility index (Phi) is 6.94. The van der Waals surface area contributed by atoms with Gasteiger partial charge < -0.3 is 14.3 Å². The molecule has 12 rings (SSSR count). The summed E-state index contributed by atoms with van der Waals surface area (Å²) in [5.41, 5.74) is 18.5. The first-order valence-corrected chi connectivity index (χ1v) is 19.7. The summed E-state index contributed by atoms with van der Waals surface area (Å²) in [5.74, 6) is 0. The molecule has 0 fully saturated rings. The largest absolute Gasteiger partial charge is 0.454 e. The number of aryl methyl sites for hydroxylation is 1. The first kappa shape index (κ1) is 32.0. The zero-order valence-electron chi connectivity index (χ0n) is 31.4. The lowest BCUT2D eigenvalue weighted by atomic mass is 9.57. The molecule has 0 spiro atoms. The number of para-hydroxylation sites is 3. The SMILES string of the molecule is Cc1ccccc1-c1cc(-c2cccc3c2[nH]c2cc4ccccc4cc23)c2c(c1)N(c1cccc3c1oc1ccccc13)c1cc(-c3ccccc3)ccc1B2. The molecule has 11 aromatic rings. The van der Waals surface area contributed by atoms with E-state index in [0.29, 0.717) is 0 Å². The van der Waals surface area contributed by atoms with Crippen LogP contribution < -0.4 is 15.8 Å². The standard InChI is InChI=1S/C53H35BN2O/c1-32-13-5-8-18-38(32)37-28-44(41-21-11-20-40-43-27-34-16-6-7-17-35(34)29-46(43)55-52(40)41)51-49(31-37)56(47-23-12-22-42-39-19-9-10-24-50(39)57-53(42)47)48-30-36(25-26-45(48)54-51)33-14-3-2-4-15-33/h2-31,54-55H,1H3. The maximum absolute atomic E-state index is 6.81. The molecule has 1 aliphatic heterocycles. The van der Waals surface area contributed by atoms with Gasteiger partial charge in [0.2, 0.25) is 0 Å². The van der Waals surface area contributed by atoms with E-state index in [0.717, 1.165) is 51.6 Å². The van der Waals surface area contributed by atoms with Gasteiger partial charge in [-0.15, -0.1) is 0 Å². The summed E-state index contributed by atoms with van der Waals surface area (Å²) in [6.07, 6.45) is 0. The second-order valence-corrected chi connectivity index (χ2v) is 15.4. The molecule has 1 aliphatic rings. The highest BCUT2D eigenvalue weighted by Gasteiger charge is 2.31. The minimum absolute atomic E-state index is 0.788. The second kappa shape index (κ2) is 12.4. The summed E-state index contributed by atoms with van der Waals surface area (Å²) in [6, 6.07) is 66.3. The highest BCUT2D eigenvalue weighted by atomic mass is 16.3. The summed E-state index contributed by atoms with van der Waals surface area (Å²) in [4.78, 5) is 6.39. The number of H-pyrrole nitrogens is 1. The topological polar surface area (TPSA) is 32.2 Å². The van der Waals surface area contributed by atoms with Crippen LogP contribution >= 0.6 is 0 Å². The van der Waals surface area contributed by atoms with Crippen molar-refractivity contribution in [2.24, 2.45) is 0 Å².